The van der Waals surface area contributed by atoms with Gasteiger partial charge in [0.25, 0.3) is 0 Å². The summed E-state index contributed by atoms with van der Waals surface area (Å²) in [5, 5.41) is 28.3. The molecule has 3 nitrogen and oxygen atoms in total. The molecule has 1 atom stereocenters. The molecule has 0 heterocycles. The molecule has 2 aromatic carbocycles. The van der Waals surface area contributed by atoms with Crippen LogP contribution in [0.4, 0.5) is 0 Å². The Labute approximate surface area is 124 Å². The van der Waals surface area contributed by atoms with E-state index in [0.29, 0.717) is 6.42 Å². The Morgan fingerprint density at radius 2 is 1.76 bits per heavy atom. The minimum Gasteiger partial charge on any atom is -0.508 e. The predicted molar refractivity (Wildman–Crippen MR) is 80.1 cm³/mol. The van der Waals surface area contributed by atoms with Crippen LogP contribution in [0.3, 0.4) is 0 Å². The minimum atomic E-state index is -0.186. The fourth-order valence-electron chi connectivity index (χ4n) is 3.40. The molecular formula is C18H17NO2. The van der Waals surface area contributed by atoms with Crippen molar-refractivity contribution in [2.75, 3.05) is 0 Å². The molecule has 1 aliphatic rings. The second-order valence-corrected chi connectivity index (χ2v) is 5.80. The van der Waals surface area contributed by atoms with Crippen molar-refractivity contribution >= 4 is 0 Å². The first-order valence-electron chi connectivity index (χ1n) is 7.10. The Bertz CT molecular complexity index is 700. The number of fused-ring (bicyclic) bond motifs is 1. The highest BCUT2D eigenvalue weighted by Crippen LogP contribution is 2.44. The van der Waals surface area contributed by atoms with Crippen molar-refractivity contribution in [3.63, 3.8) is 0 Å². The van der Waals surface area contributed by atoms with E-state index in [1.54, 1.807) is 18.2 Å². The Kier molecular flexibility index (Phi) is 3.31. The Morgan fingerprint density at radius 1 is 1.05 bits per heavy atom. The van der Waals surface area contributed by atoms with E-state index in [9.17, 15) is 15.5 Å². The highest BCUT2D eigenvalue weighted by Gasteiger charge is 2.38. The zero-order valence-electron chi connectivity index (χ0n) is 11.7. The van der Waals surface area contributed by atoms with Crippen LogP contribution in [-0.4, -0.2) is 10.2 Å². The van der Waals surface area contributed by atoms with E-state index in [4.69, 9.17) is 0 Å². The molecule has 0 bridgehead atoms. The summed E-state index contributed by atoms with van der Waals surface area (Å²) in [6.45, 7) is 0. The number of aromatic hydroxyl groups is 2. The lowest BCUT2D eigenvalue weighted by molar-refractivity contribution is 0.428. The monoisotopic (exact) mass is 279 g/mol. The summed E-state index contributed by atoms with van der Waals surface area (Å²) < 4.78 is 0. The van der Waals surface area contributed by atoms with E-state index in [-0.39, 0.29) is 16.9 Å². The summed E-state index contributed by atoms with van der Waals surface area (Å²) in [5.41, 5.74) is 3.25. The summed E-state index contributed by atoms with van der Waals surface area (Å²) >= 11 is 0. The summed E-state index contributed by atoms with van der Waals surface area (Å²) in [4.78, 5) is 0. The van der Waals surface area contributed by atoms with Gasteiger partial charge in [-0.1, -0.05) is 18.2 Å². The zero-order valence-corrected chi connectivity index (χ0v) is 11.7. The number of benzene rings is 2. The molecule has 3 rings (SSSR count). The van der Waals surface area contributed by atoms with Gasteiger partial charge in [-0.2, -0.15) is 5.26 Å². The summed E-state index contributed by atoms with van der Waals surface area (Å²) in [7, 11) is 0. The van der Waals surface area contributed by atoms with Crippen molar-refractivity contribution in [2.45, 2.75) is 31.1 Å². The fraction of sp³-hybridized carbons (Fsp3) is 0.278. The molecule has 0 amide bonds. The van der Waals surface area contributed by atoms with Gasteiger partial charge >= 0.3 is 0 Å². The lowest BCUT2D eigenvalue weighted by atomic mass is 9.74. The largest absolute Gasteiger partial charge is 0.508 e. The molecule has 0 aliphatic heterocycles. The summed E-state index contributed by atoms with van der Waals surface area (Å²) in [6, 6.07) is 15.0. The van der Waals surface area contributed by atoms with Crippen LogP contribution < -0.4 is 0 Å². The number of nitrogens with zero attached hydrogens (tertiary/aromatic N) is 1. The van der Waals surface area contributed by atoms with Crippen molar-refractivity contribution in [3.05, 3.63) is 59.2 Å². The third-order valence-corrected chi connectivity index (χ3v) is 4.43. The van der Waals surface area contributed by atoms with Crippen molar-refractivity contribution < 1.29 is 10.2 Å². The molecular weight excluding hydrogens is 262 g/mol. The third-order valence-electron chi connectivity index (χ3n) is 4.43. The zero-order chi connectivity index (χ0) is 14.9. The van der Waals surface area contributed by atoms with Crippen LogP contribution in [0.15, 0.2) is 42.5 Å². The topological polar surface area (TPSA) is 64.2 Å². The van der Waals surface area contributed by atoms with Crippen LogP contribution >= 0.6 is 0 Å². The summed E-state index contributed by atoms with van der Waals surface area (Å²) in [5.74, 6) is 0.538. The van der Waals surface area contributed by atoms with Gasteiger partial charge in [0.1, 0.15) is 11.5 Å². The van der Waals surface area contributed by atoms with Gasteiger partial charge in [-0.25, -0.2) is 0 Å². The Hall–Kier alpha value is -2.47. The molecule has 0 spiro atoms. The van der Waals surface area contributed by atoms with Gasteiger partial charge in [0.2, 0.25) is 0 Å². The first-order valence-corrected chi connectivity index (χ1v) is 7.10. The van der Waals surface area contributed by atoms with Gasteiger partial charge in [-0.15, -0.1) is 0 Å². The van der Waals surface area contributed by atoms with E-state index in [2.05, 4.69) is 6.07 Å². The Morgan fingerprint density at radius 3 is 2.48 bits per heavy atom. The standard InChI is InChI=1S/C18H17NO2/c19-10-9-18(12-13-1-3-15(20)4-2-13)8-7-14-11-16(21)5-6-17(14)18/h1-6,11,20-21H,7-9,12H2. The average Bonchev–Trinajstić information content (AvgIpc) is 2.80. The molecule has 0 fully saturated rings. The van der Waals surface area contributed by atoms with Crippen LogP contribution in [-0.2, 0) is 18.3 Å². The number of aryl methyl sites for hydroxylation is 1. The maximum atomic E-state index is 9.62. The molecule has 0 saturated heterocycles. The lowest BCUT2D eigenvalue weighted by Gasteiger charge is -2.28. The quantitative estimate of drug-likeness (QED) is 0.904. The molecule has 2 aromatic rings. The van der Waals surface area contributed by atoms with E-state index >= 15 is 0 Å². The van der Waals surface area contributed by atoms with Gasteiger partial charge in [-0.05, 0) is 60.2 Å². The number of rotatable bonds is 3. The van der Waals surface area contributed by atoms with E-state index in [1.807, 2.05) is 24.3 Å². The lowest BCUT2D eigenvalue weighted by Crippen LogP contribution is -2.25. The molecule has 0 radical (unpaired) electrons. The molecule has 3 heteroatoms. The average molecular weight is 279 g/mol. The van der Waals surface area contributed by atoms with Gasteiger partial charge in [0.05, 0.1) is 6.07 Å². The fourth-order valence-corrected chi connectivity index (χ4v) is 3.40. The van der Waals surface area contributed by atoms with Gasteiger partial charge in [0.15, 0.2) is 0 Å². The van der Waals surface area contributed by atoms with Crippen molar-refractivity contribution in [2.24, 2.45) is 0 Å². The van der Waals surface area contributed by atoms with Crippen molar-refractivity contribution in [1.82, 2.24) is 0 Å². The van der Waals surface area contributed by atoms with Crippen LogP contribution in [0.5, 0.6) is 11.5 Å². The van der Waals surface area contributed by atoms with Crippen LogP contribution in [0.25, 0.3) is 0 Å². The first kappa shape index (κ1) is 13.5. The molecule has 1 aliphatic carbocycles. The van der Waals surface area contributed by atoms with E-state index in [1.165, 1.54) is 5.56 Å². The predicted octanol–water partition coefficient (Wildman–Crippen LogP) is 3.44. The first-order chi connectivity index (χ1) is 10.1. The van der Waals surface area contributed by atoms with Crippen molar-refractivity contribution in [3.8, 4) is 17.6 Å². The second-order valence-electron chi connectivity index (χ2n) is 5.80. The number of phenolic OH excluding ortho intramolecular Hbond substituents is 2. The highest BCUT2D eigenvalue weighted by atomic mass is 16.3. The number of hydrogen-bond donors (Lipinski definition) is 2. The van der Waals surface area contributed by atoms with Gasteiger partial charge in [-0.3, -0.25) is 0 Å². The SMILES string of the molecule is N#CCC1(Cc2ccc(O)cc2)CCc2cc(O)ccc21. The minimum absolute atomic E-state index is 0.186. The van der Waals surface area contributed by atoms with Crippen LogP contribution in [0, 0.1) is 11.3 Å². The maximum Gasteiger partial charge on any atom is 0.115 e. The molecule has 1 unspecified atom stereocenters. The smallest absolute Gasteiger partial charge is 0.115 e. The normalized spacial score (nSPS) is 20.0. The molecule has 0 saturated carbocycles. The summed E-state index contributed by atoms with van der Waals surface area (Å²) in [6.07, 6.45) is 3.05. The molecule has 2 N–H and O–H groups in total. The molecule has 0 aromatic heterocycles. The third kappa shape index (κ3) is 2.45. The van der Waals surface area contributed by atoms with Gasteiger partial charge in [0, 0.05) is 11.8 Å². The number of phenols is 2. The van der Waals surface area contributed by atoms with E-state index < -0.39 is 0 Å². The van der Waals surface area contributed by atoms with Crippen LogP contribution in [0.2, 0.25) is 0 Å². The number of nitriles is 1. The molecule has 21 heavy (non-hydrogen) atoms. The Balaban J connectivity index is 1.99. The number of hydrogen-bond acceptors (Lipinski definition) is 3. The maximum absolute atomic E-state index is 9.62. The second kappa shape index (κ2) is 5.14. The van der Waals surface area contributed by atoms with Gasteiger partial charge < -0.3 is 10.2 Å². The van der Waals surface area contributed by atoms with Crippen LogP contribution in [0.1, 0.15) is 29.5 Å². The van der Waals surface area contributed by atoms with Crippen molar-refractivity contribution in [1.29, 1.82) is 5.26 Å². The molecule has 106 valence electrons. The van der Waals surface area contributed by atoms with E-state index in [0.717, 1.165) is 30.4 Å². The highest BCUT2D eigenvalue weighted by molar-refractivity contribution is 5.45.